The molecule has 0 fully saturated rings. The second-order valence-corrected chi connectivity index (χ2v) is 18.7. The smallest absolute Gasteiger partial charge is 0.227 e. The van der Waals surface area contributed by atoms with Crippen molar-refractivity contribution in [2.45, 2.75) is 0 Å². The van der Waals surface area contributed by atoms with Gasteiger partial charge in [0.1, 0.15) is 16.7 Å². The monoisotopic (exact) mass is 919 g/mol. The van der Waals surface area contributed by atoms with Crippen LogP contribution < -0.4 is 9.80 Å². The van der Waals surface area contributed by atoms with Crippen LogP contribution in [0.2, 0.25) is 0 Å². The molecule has 5 heteroatoms. The lowest BCUT2D eigenvalue weighted by atomic mass is 9.97. The van der Waals surface area contributed by atoms with E-state index in [0.717, 1.165) is 88.9 Å². The van der Waals surface area contributed by atoms with Crippen LogP contribution in [-0.2, 0) is 0 Å². The van der Waals surface area contributed by atoms with E-state index >= 15 is 0 Å². The van der Waals surface area contributed by atoms with Crippen LogP contribution in [-0.4, -0.2) is 4.98 Å². The van der Waals surface area contributed by atoms with Gasteiger partial charge in [-0.25, -0.2) is 4.98 Å². The lowest BCUT2D eigenvalue weighted by molar-refractivity contribution is 0.620. The molecule has 0 unspecified atom stereocenters. The number of hydrogen-bond donors (Lipinski definition) is 0. The van der Waals surface area contributed by atoms with Gasteiger partial charge >= 0.3 is 0 Å². The van der Waals surface area contributed by atoms with Crippen molar-refractivity contribution in [3.8, 4) is 11.5 Å². The largest absolute Gasteiger partial charge is 0.456 e. The van der Waals surface area contributed by atoms with E-state index in [9.17, 15) is 0 Å². The summed E-state index contributed by atoms with van der Waals surface area (Å²) in [5.41, 5.74) is 10.6. The highest BCUT2D eigenvalue weighted by Crippen LogP contribution is 2.47. The average molecular weight is 920 g/mol. The molecule has 336 valence electrons. The van der Waals surface area contributed by atoms with E-state index < -0.39 is 0 Å². The Balaban J connectivity index is 0.904. The van der Waals surface area contributed by atoms with Gasteiger partial charge in [0, 0.05) is 50.2 Å². The molecule has 0 aliphatic carbocycles. The average Bonchev–Trinajstić information content (AvgIpc) is 4.05. The summed E-state index contributed by atoms with van der Waals surface area (Å²) in [5, 5.41) is 16.4. The van der Waals surface area contributed by atoms with E-state index in [1.54, 1.807) is 0 Å². The molecule has 15 aromatic rings. The van der Waals surface area contributed by atoms with E-state index in [4.69, 9.17) is 13.8 Å². The molecule has 0 radical (unpaired) electrons. The summed E-state index contributed by atoms with van der Waals surface area (Å²) in [7, 11) is 0. The number of fused-ring (bicyclic) bond motifs is 13. The molecule has 0 N–H and O–H groups in total. The van der Waals surface area contributed by atoms with Gasteiger partial charge in [-0.15, -0.1) is 0 Å². The summed E-state index contributed by atoms with van der Waals surface area (Å²) >= 11 is 0. The zero-order valence-corrected chi connectivity index (χ0v) is 38.8. The predicted molar refractivity (Wildman–Crippen MR) is 301 cm³/mol. The Morgan fingerprint density at radius 1 is 0.264 bits per heavy atom. The molecule has 2 heterocycles. The molecule has 5 nitrogen and oxygen atoms in total. The standard InChI is InChI=1S/C67H41N3O2/c1-2-14-42(15-3-1)67-68-61-34-30-50(41-66(61)72-67)70(63-39-44-17-5-7-19-52(44)56-21-9-11-23-58(56)63)48-29-33-54-46(37-48)27-26-45-36-47(28-32-53(45)54)69(49-31-35-65-60(40-49)59-24-12-13-25-64(59)71-65)62-38-43-16-4-6-18-51(43)55-20-8-10-22-57(55)62/h1-41H. The molecule has 13 aromatic carbocycles. The Labute approximate surface area is 413 Å². The lowest BCUT2D eigenvalue weighted by Crippen LogP contribution is -2.11. The molecule has 2 aromatic heterocycles. The summed E-state index contributed by atoms with van der Waals surface area (Å²) in [5.74, 6) is 0.604. The normalized spacial score (nSPS) is 11.9. The van der Waals surface area contributed by atoms with Crippen LogP contribution in [0.5, 0.6) is 0 Å². The first-order chi connectivity index (χ1) is 35.7. The second kappa shape index (κ2) is 15.9. The predicted octanol–water partition coefficient (Wildman–Crippen LogP) is 19.3. The zero-order chi connectivity index (χ0) is 47.3. The first kappa shape index (κ1) is 40.2. The van der Waals surface area contributed by atoms with Crippen molar-refractivity contribution in [1.29, 1.82) is 0 Å². The summed E-state index contributed by atoms with van der Waals surface area (Å²) < 4.78 is 12.8. The Hall–Kier alpha value is -9.71. The summed E-state index contributed by atoms with van der Waals surface area (Å²) in [6, 6.07) is 89.2. The summed E-state index contributed by atoms with van der Waals surface area (Å²) in [4.78, 5) is 9.69. The minimum atomic E-state index is 0.604. The van der Waals surface area contributed by atoms with E-state index in [1.165, 1.54) is 48.5 Å². The molecule has 0 saturated heterocycles. The third kappa shape index (κ3) is 6.38. The van der Waals surface area contributed by atoms with Gasteiger partial charge in [-0.05, 0) is 139 Å². The molecule has 0 amide bonds. The van der Waals surface area contributed by atoms with Gasteiger partial charge in [-0.2, -0.15) is 0 Å². The molecule has 0 bridgehead atoms. The molecular formula is C67H41N3O2. The van der Waals surface area contributed by atoms with E-state index in [0.29, 0.717) is 5.89 Å². The summed E-state index contributed by atoms with van der Waals surface area (Å²) in [6.45, 7) is 0. The van der Waals surface area contributed by atoms with Crippen molar-refractivity contribution in [1.82, 2.24) is 4.98 Å². The molecule has 72 heavy (non-hydrogen) atoms. The SMILES string of the molecule is c1ccc(-c2nc3ccc(N(c4ccc5c(ccc6cc(N(c7ccc8oc9ccccc9c8c7)c7cc8ccccc8c8ccccc78)ccc65)c4)c4cc5ccccc5c5ccccc45)cc3o2)cc1. The van der Waals surface area contributed by atoms with Gasteiger partial charge in [0.05, 0.1) is 17.1 Å². The maximum Gasteiger partial charge on any atom is 0.227 e. The van der Waals surface area contributed by atoms with Crippen molar-refractivity contribution in [2.24, 2.45) is 0 Å². The van der Waals surface area contributed by atoms with Crippen molar-refractivity contribution in [2.75, 3.05) is 9.80 Å². The highest BCUT2D eigenvalue weighted by atomic mass is 16.3. The van der Waals surface area contributed by atoms with Crippen molar-refractivity contribution < 1.29 is 8.83 Å². The number of oxazole rings is 1. The number of benzene rings is 13. The van der Waals surface area contributed by atoms with E-state index in [-0.39, 0.29) is 0 Å². The number of furan rings is 1. The van der Waals surface area contributed by atoms with Crippen LogP contribution in [0.4, 0.5) is 34.1 Å². The number of para-hydroxylation sites is 1. The highest BCUT2D eigenvalue weighted by molar-refractivity contribution is 6.18. The maximum atomic E-state index is 6.50. The van der Waals surface area contributed by atoms with Gasteiger partial charge in [-0.3, -0.25) is 0 Å². The Morgan fingerprint density at radius 2 is 0.708 bits per heavy atom. The highest BCUT2D eigenvalue weighted by Gasteiger charge is 2.22. The Kier molecular flexibility index (Phi) is 8.89. The number of rotatable bonds is 7. The van der Waals surface area contributed by atoms with Crippen LogP contribution in [0, 0.1) is 0 Å². The van der Waals surface area contributed by atoms with E-state index in [1.807, 2.05) is 42.5 Å². The van der Waals surface area contributed by atoms with Crippen LogP contribution in [0.15, 0.2) is 258 Å². The van der Waals surface area contributed by atoms with Gasteiger partial charge in [0.15, 0.2) is 5.58 Å². The third-order valence-corrected chi connectivity index (χ3v) is 14.6. The molecule has 0 spiro atoms. The van der Waals surface area contributed by atoms with Crippen molar-refractivity contribution in [3.05, 3.63) is 249 Å². The zero-order valence-electron chi connectivity index (χ0n) is 38.8. The Bertz CT molecular complexity index is 4670. The van der Waals surface area contributed by atoms with E-state index in [2.05, 4.69) is 216 Å². The molecule has 0 aliphatic rings. The van der Waals surface area contributed by atoms with Crippen LogP contribution in [0.25, 0.3) is 109 Å². The topological polar surface area (TPSA) is 45.7 Å². The molecular weight excluding hydrogens is 879 g/mol. The fourth-order valence-corrected chi connectivity index (χ4v) is 11.2. The van der Waals surface area contributed by atoms with Crippen LogP contribution in [0.3, 0.4) is 0 Å². The van der Waals surface area contributed by atoms with Crippen LogP contribution >= 0.6 is 0 Å². The van der Waals surface area contributed by atoms with Gasteiger partial charge < -0.3 is 18.6 Å². The van der Waals surface area contributed by atoms with Gasteiger partial charge in [0.2, 0.25) is 5.89 Å². The molecule has 0 atom stereocenters. The molecule has 15 rings (SSSR count). The fourth-order valence-electron chi connectivity index (χ4n) is 11.2. The molecule has 0 aliphatic heterocycles. The number of anilines is 6. The summed E-state index contributed by atoms with van der Waals surface area (Å²) in [6.07, 6.45) is 0. The van der Waals surface area contributed by atoms with Crippen LogP contribution in [0.1, 0.15) is 0 Å². The number of nitrogens with zero attached hydrogens (tertiary/aromatic N) is 3. The fraction of sp³-hybridized carbons (Fsp3) is 0. The van der Waals surface area contributed by atoms with Gasteiger partial charge in [-0.1, -0.05) is 158 Å². The lowest BCUT2D eigenvalue weighted by Gasteiger charge is -2.28. The molecule has 0 saturated carbocycles. The minimum absolute atomic E-state index is 0.604. The maximum absolute atomic E-state index is 6.50. The Morgan fingerprint density at radius 3 is 1.33 bits per heavy atom. The quantitative estimate of drug-likeness (QED) is 0.149. The first-order valence-electron chi connectivity index (χ1n) is 24.4. The van der Waals surface area contributed by atoms with Crippen molar-refractivity contribution >= 4 is 132 Å². The van der Waals surface area contributed by atoms with Gasteiger partial charge in [0.25, 0.3) is 0 Å². The first-order valence-corrected chi connectivity index (χ1v) is 24.4. The number of hydrogen-bond acceptors (Lipinski definition) is 5. The third-order valence-electron chi connectivity index (χ3n) is 14.6. The number of aromatic nitrogens is 1. The minimum Gasteiger partial charge on any atom is -0.456 e. The van der Waals surface area contributed by atoms with Crippen molar-refractivity contribution in [3.63, 3.8) is 0 Å². The second-order valence-electron chi connectivity index (χ2n) is 18.7.